The topological polar surface area (TPSA) is 67.8 Å². The molecule has 2 aliphatic rings. The molecule has 0 aromatic heterocycles. The van der Waals surface area contributed by atoms with Gasteiger partial charge in [0.05, 0.1) is 12.2 Å². The number of aliphatic hydroxyl groups is 1. The zero-order chi connectivity index (χ0) is 21.2. The van der Waals surface area contributed by atoms with E-state index in [1.807, 2.05) is 31.2 Å². The molecule has 5 nitrogen and oxygen atoms in total. The summed E-state index contributed by atoms with van der Waals surface area (Å²) < 4.78 is 0. The molecule has 2 N–H and O–H groups in total. The van der Waals surface area contributed by atoms with E-state index in [1.54, 1.807) is 0 Å². The highest BCUT2D eigenvalue weighted by Gasteiger charge is 2.49. The van der Waals surface area contributed by atoms with Crippen molar-refractivity contribution in [2.45, 2.75) is 70.2 Å². The molecule has 1 aromatic rings. The van der Waals surface area contributed by atoms with Crippen LogP contribution < -0.4 is 5.32 Å². The second-order valence-corrected chi connectivity index (χ2v) is 8.28. The minimum Gasteiger partial charge on any atom is -0.389 e. The van der Waals surface area contributed by atoms with E-state index in [4.69, 9.17) is 9.78 Å². The molecule has 1 aliphatic heterocycles. The van der Waals surface area contributed by atoms with E-state index in [-0.39, 0.29) is 24.0 Å². The van der Waals surface area contributed by atoms with Gasteiger partial charge in [0.15, 0.2) is 0 Å². The number of fused-ring (bicyclic) bond motifs is 2. The number of unbranched alkanes of at least 4 members (excludes halogenated alkanes) is 1. The highest BCUT2D eigenvalue weighted by molar-refractivity contribution is 5.75. The van der Waals surface area contributed by atoms with Crippen LogP contribution in [0.4, 0.5) is 0 Å². The first-order valence-electron chi connectivity index (χ1n) is 11.3. The van der Waals surface area contributed by atoms with Crippen molar-refractivity contribution in [1.82, 2.24) is 5.32 Å². The Morgan fingerprint density at radius 2 is 2.03 bits per heavy atom. The molecule has 30 heavy (non-hydrogen) atoms. The van der Waals surface area contributed by atoms with Crippen molar-refractivity contribution >= 4 is 5.91 Å². The van der Waals surface area contributed by atoms with Crippen LogP contribution in [0.5, 0.6) is 0 Å². The summed E-state index contributed by atoms with van der Waals surface area (Å²) in [5.41, 5.74) is 1.25. The second-order valence-electron chi connectivity index (χ2n) is 8.28. The Balaban J connectivity index is 1.42. The van der Waals surface area contributed by atoms with Crippen LogP contribution in [-0.4, -0.2) is 35.9 Å². The van der Waals surface area contributed by atoms with Gasteiger partial charge in [-0.3, -0.25) is 4.79 Å². The molecule has 1 amide bonds. The van der Waals surface area contributed by atoms with Gasteiger partial charge in [-0.1, -0.05) is 54.6 Å². The summed E-state index contributed by atoms with van der Waals surface area (Å²) in [5, 5.41) is 13.2. The van der Waals surface area contributed by atoms with Crippen molar-refractivity contribution in [2.24, 2.45) is 11.8 Å². The average Bonchev–Trinajstić information content (AvgIpc) is 3.36. The van der Waals surface area contributed by atoms with Crippen LogP contribution >= 0.6 is 0 Å². The van der Waals surface area contributed by atoms with Gasteiger partial charge in [0.1, 0.15) is 6.10 Å². The van der Waals surface area contributed by atoms with Crippen molar-refractivity contribution in [3.8, 4) is 0 Å². The molecule has 5 heteroatoms. The third-order valence-electron chi connectivity index (χ3n) is 6.02. The molecule has 0 spiro atoms. The highest BCUT2D eigenvalue weighted by Crippen LogP contribution is 2.44. The van der Waals surface area contributed by atoms with Gasteiger partial charge >= 0.3 is 0 Å². The predicted molar refractivity (Wildman–Crippen MR) is 118 cm³/mol. The monoisotopic (exact) mass is 413 g/mol. The number of rotatable bonds is 12. The molecule has 1 heterocycles. The Kier molecular flexibility index (Phi) is 9.12. The smallest absolute Gasteiger partial charge is 0.219 e. The molecule has 1 saturated carbocycles. The van der Waals surface area contributed by atoms with Crippen molar-refractivity contribution in [3.63, 3.8) is 0 Å². The minimum absolute atomic E-state index is 0.0868. The lowest BCUT2D eigenvalue weighted by molar-refractivity contribution is -0.336. The summed E-state index contributed by atoms with van der Waals surface area (Å²) in [6.07, 6.45) is 14.0. The molecule has 0 unspecified atom stereocenters. The fourth-order valence-electron chi connectivity index (χ4n) is 4.37. The van der Waals surface area contributed by atoms with E-state index in [1.165, 1.54) is 5.56 Å². The van der Waals surface area contributed by atoms with E-state index >= 15 is 0 Å². The summed E-state index contributed by atoms with van der Waals surface area (Å²) in [4.78, 5) is 22.4. The molecule has 0 radical (unpaired) electrons. The number of nitrogens with one attached hydrogen (secondary N) is 1. The van der Waals surface area contributed by atoms with Crippen LogP contribution in [0.15, 0.2) is 54.6 Å². The molecular weight excluding hydrogens is 378 g/mol. The Hall–Kier alpha value is -1.95. The first-order valence-corrected chi connectivity index (χ1v) is 11.3. The first kappa shape index (κ1) is 22.7. The normalized spacial score (nSPS) is 26.6. The summed E-state index contributed by atoms with van der Waals surface area (Å²) in [7, 11) is 0. The molecule has 2 bridgehead atoms. The van der Waals surface area contributed by atoms with Crippen LogP contribution in [0.1, 0.15) is 51.0 Å². The van der Waals surface area contributed by atoms with Crippen molar-refractivity contribution in [3.05, 3.63) is 60.2 Å². The summed E-state index contributed by atoms with van der Waals surface area (Å²) in [6, 6.07) is 10.3. The quantitative estimate of drug-likeness (QED) is 0.307. The number of amides is 1. The Morgan fingerprint density at radius 3 is 2.83 bits per heavy atom. The van der Waals surface area contributed by atoms with Crippen LogP contribution in [0.25, 0.3) is 0 Å². The number of carbonyl (C=O) groups excluding carboxylic acids is 1. The molecule has 1 saturated heterocycles. The van der Waals surface area contributed by atoms with Gasteiger partial charge in [-0.2, -0.15) is 0 Å². The standard InChI is InChI=1S/C25H35NO4/c1-2-26-25(28)13-9-4-3-8-12-21-22(24-18-23(21)29-30-24)17-16-20(27)15-14-19-10-6-5-7-11-19/h3,5-8,10-11,16-17,20-24,27H,2,4,9,12-15,18H2,1H3,(H,26,28)/t20-,21+,22+,23-,24+/m0/s1. The van der Waals surface area contributed by atoms with Crippen molar-refractivity contribution < 1.29 is 19.7 Å². The summed E-state index contributed by atoms with van der Waals surface area (Å²) in [6.45, 7) is 2.63. The molecule has 5 atom stereocenters. The fraction of sp³-hybridized carbons (Fsp3) is 0.560. The number of allylic oxidation sites excluding steroid dienone is 2. The Morgan fingerprint density at radius 1 is 1.23 bits per heavy atom. The number of benzene rings is 1. The third kappa shape index (κ3) is 6.79. The SMILES string of the molecule is CCNC(=O)CCCC=CC[C@@H]1[C@@H](C=C[C@@H](O)CCc2ccccc2)[C@H]2C[C@@H]1OO2. The Bertz CT molecular complexity index is 702. The maximum atomic E-state index is 11.5. The summed E-state index contributed by atoms with van der Waals surface area (Å²) in [5.74, 6) is 0.775. The fourth-order valence-corrected chi connectivity index (χ4v) is 4.37. The molecular formula is C25H35NO4. The largest absolute Gasteiger partial charge is 0.389 e. The molecule has 2 fully saturated rings. The number of carbonyl (C=O) groups is 1. The minimum atomic E-state index is -0.448. The van der Waals surface area contributed by atoms with Gasteiger partial charge in [-0.25, -0.2) is 9.78 Å². The average molecular weight is 414 g/mol. The van der Waals surface area contributed by atoms with E-state index in [0.717, 1.165) is 38.5 Å². The maximum absolute atomic E-state index is 11.5. The number of aryl methyl sites for hydroxylation is 1. The van der Waals surface area contributed by atoms with E-state index in [2.05, 4.69) is 35.7 Å². The van der Waals surface area contributed by atoms with Gasteiger partial charge in [-0.15, -0.1) is 0 Å². The van der Waals surface area contributed by atoms with Gasteiger partial charge in [0.25, 0.3) is 0 Å². The van der Waals surface area contributed by atoms with Gasteiger partial charge in [0.2, 0.25) is 5.91 Å². The third-order valence-corrected chi connectivity index (χ3v) is 6.02. The lowest BCUT2D eigenvalue weighted by atomic mass is 9.89. The molecule has 1 aliphatic carbocycles. The first-order chi connectivity index (χ1) is 14.7. The highest BCUT2D eigenvalue weighted by atomic mass is 17.2. The lowest BCUT2D eigenvalue weighted by Crippen LogP contribution is -2.28. The number of aliphatic hydroxyl groups excluding tert-OH is 1. The van der Waals surface area contributed by atoms with Crippen molar-refractivity contribution in [1.29, 1.82) is 0 Å². The van der Waals surface area contributed by atoms with Crippen LogP contribution in [0.2, 0.25) is 0 Å². The van der Waals surface area contributed by atoms with Gasteiger partial charge in [0, 0.05) is 31.2 Å². The maximum Gasteiger partial charge on any atom is 0.219 e. The van der Waals surface area contributed by atoms with E-state index in [0.29, 0.717) is 18.9 Å². The predicted octanol–water partition coefficient (Wildman–Crippen LogP) is 4.12. The van der Waals surface area contributed by atoms with E-state index < -0.39 is 6.10 Å². The lowest BCUT2D eigenvalue weighted by Gasteiger charge is -2.27. The van der Waals surface area contributed by atoms with Gasteiger partial charge in [-0.05, 0) is 44.6 Å². The zero-order valence-electron chi connectivity index (χ0n) is 17.9. The molecule has 164 valence electrons. The molecule has 3 rings (SSSR count). The second kappa shape index (κ2) is 12.0. The zero-order valence-corrected chi connectivity index (χ0v) is 17.9. The number of hydrogen-bond acceptors (Lipinski definition) is 4. The number of hydrogen-bond donors (Lipinski definition) is 2. The van der Waals surface area contributed by atoms with E-state index in [9.17, 15) is 9.90 Å². The van der Waals surface area contributed by atoms with Crippen LogP contribution in [0, 0.1) is 11.8 Å². The van der Waals surface area contributed by atoms with Crippen LogP contribution in [0.3, 0.4) is 0 Å². The molecule has 1 aromatic carbocycles. The summed E-state index contributed by atoms with van der Waals surface area (Å²) >= 11 is 0. The Labute approximate surface area is 180 Å². The van der Waals surface area contributed by atoms with Gasteiger partial charge < -0.3 is 10.4 Å². The van der Waals surface area contributed by atoms with Crippen LogP contribution in [-0.2, 0) is 21.0 Å². The van der Waals surface area contributed by atoms with Crippen molar-refractivity contribution in [2.75, 3.05) is 6.54 Å².